The van der Waals surface area contributed by atoms with Gasteiger partial charge >= 0.3 is 0 Å². The van der Waals surface area contributed by atoms with Crippen LogP contribution in [0.4, 0.5) is 0 Å². The molecule has 2 nitrogen and oxygen atoms in total. The molecule has 0 spiro atoms. The molecule has 1 aliphatic heterocycles. The first-order valence-electron chi connectivity index (χ1n) is 9.96. The zero-order valence-corrected chi connectivity index (χ0v) is 16.4. The van der Waals surface area contributed by atoms with Gasteiger partial charge in [-0.25, -0.2) is 0 Å². The normalized spacial score (nSPS) is 13.0. The molecule has 1 aliphatic rings. The molecule has 0 saturated carbocycles. The molecule has 4 aromatic carbocycles. The molecule has 5 rings (SSSR count). The van der Waals surface area contributed by atoms with Gasteiger partial charge in [0.05, 0.1) is 5.57 Å². The molecule has 0 radical (unpaired) electrons. The highest BCUT2D eigenvalue weighted by atomic mass is 16.7. The highest BCUT2D eigenvalue weighted by Crippen LogP contribution is 2.42. The van der Waals surface area contributed by atoms with Crippen molar-refractivity contribution in [3.8, 4) is 0 Å². The molecule has 1 heterocycles. The van der Waals surface area contributed by atoms with Crippen molar-refractivity contribution in [2.24, 2.45) is 0 Å². The van der Waals surface area contributed by atoms with Crippen LogP contribution in [-0.4, -0.2) is 0 Å². The van der Waals surface area contributed by atoms with Crippen molar-refractivity contribution in [2.45, 2.75) is 0 Å². The van der Waals surface area contributed by atoms with Crippen LogP contribution in [0.2, 0.25) is 0 Å². The third-order valence-electron chi connectivity index (χ3n) is 5.00. The Kier molecular flexibility index (Phi) is 4.89. The Bertz CT molecular complexity index is 1100. The van der Waals surface area contributed by atoms with Crippen molar-refractivity contribution in [2.75, 3.05) is 0 Å². The van der Waals surface area contributed by atoms with Gasteiger partial charge in [-0.05, 0) is 11.1 Å². The van der Waals surface area contributed by atoms with Crippen molar-refractivity contribution >= 4 is 17.1 Å². The molecule has 0 atom stereocenters. The number of hydrogen-bond acceptors (Lipinski definition) is 2. The quantitative estimate of drug-likeness (QED) is 0.376. The van der Waals surface area contributed by atoms with Crippen LogP contribution in [-0.2, 0) is 9.47 Å². The van der Waals surface area contributed by atoms with E-state index in [2.05, 4.69) is 24.3 Å². The summed E-state index contributed by atoms with van der Waals surface area (Å²) in [6.45, 7) is 0. The fourth-order valence-corrected chi connectivity index (χ4v) is 3.57. The van der Waals surface area contributed by atoms with Gasteiger partial charge in [-0.1, -0.05) is 121 Å². The molecule has 0 amide bonds. The van der Waals surface area contributed by atoms with E-state index < -0.39 is 0 Å². The van der Waals surface area contributed by atoms with Gasteiger partial charge in [0.2, 0.25) is 0 Å². The van der Waals surface area contributed by atoms with Crippen molar-refractivity contribution in [3.63, 3.8) is 0 Å². The molecular formula is C28H20O2. The number of benzene rings is 4. The van der Waals surface area contributed by atoms with Crippen molar-refractivity contribution in [1.82, 2.24) is 0 Å². The Balaban J connectivity index is 1.69. The molecule has 0 fully saturated rings. The molecule has 0 aromatic heterocycles. The van der Waals surface area contributed by atoms with E-state index >= 15 is 0 Å². The van der Waals surface area contributed by atoms with Gasteiger partial charge in [0.25, 0.3) is 5.95 Å². The zero-order valence-electron chi connectivity index (χ0n) is 16.4. The van der Waals surface area contributed by atoms with Gasteiger partial charge in [-0.15, -0.1) is 0 Å². The van der Waals surface area contributed by atoms with Crippen LogP contribution in [0.5, 0.6) is 0 Å². The van der Waals surface area contributed by atoms with Gasteiger partial charge in [0.1, 0.15) is 0 Å². The second-order valence-electron chi connectivity index (χ2n) is 6.99. The lowest BCUT2D eigenvalue weighted by Gasteiger charge is -2.12. The second kappa shape index (κ2) is 8.14. The molecule has 0 unspecified atom stereocenters. The van der Waals surface area contributed by atoms with E-state index in [1.165, 1.54) is 0 Å². The summed E-state index contributed by atoms with van der Waals surface area (Å²) in [6.07, 6.45) is 0. The number of ether oxygens (including phenoxy) is 2. The lowest BCUT2D eigenvalue weighted by molar-refractivity contribution is 0.224. The molecule has 0 N–H and O–H groups in total. The molecule has 0 saturated heterocycles. The summed E-state index contributed by atoms with van der Waals surface area (Å²) < 4.78 is 12.8. The van der Waals surface area contributed by atoms with E-state index in [0.717, 1.165) is 39.3 Å². The largest absolute Gasteiger partial charge is 0.421 e. The summed E-state index contributed by atoms with van der Waals surface area (Å²) in [5.74, 6) is 1.94. The van der Waals surface area contributed by atoms with Crippen LogP contribution < -0.4 is 0 Å². The first-order valence-corrected chi connectivity index (χ1v) is 9.96. The summed E-state index contributed by atoms with van der Waals surface area (Å²) in [6, 6.07) is 40.6. The molecule has 2 heteroatoms. The van der Waals surface area contributed by atoms with Crippen LogP contribution in [0.15, 0.2) is 127 Å². The van der Waals surface area contributed by atoms with E-state index in [-0.39, 0.29) is 0 Å². The summed E-state index contributed by atoms with van der Waals surface area (Å²) in [7, 11) is 0. The monoisotopic (exact) mass is 388 g/mol. The van der Waals surface area contributed by atoms with Gasteiger partial charge in [-0.3, -0.25) is 0 Å². The van der Waals surface area contributed by atoms with Crippen LogP contribution >= 0.6 is 0 Å². The minimum Gasteiger partial charge on any atom is -0.421 e. The van der Waals surface area contributed by atoms with E-state index in [1.54, 1.807) is 0 Å². The Morgan fingerprint density at radius 1 is 0.400 bits per heavy atom. The van der Waals surface area contributed by atoms with Gasteiger partial charge < -0.3 is 9.47 Å². The minimum absolute atomic E-state index is 0.491. The average molecular weight is 388 g/mol. The Hall–Kier alpha value is -4.04. The minimum atomic E-state index is 0.491. The third kappa shape index (κ3) is 3.51. The molecular weight excluding hydrogens is 368 g/mol. The maximum absolute atomic E-state index is 6.42. The summed E-state index contributed by atoms with van der Waals surface area (Å²) >= 11 is 0. The van der Waals surface area contributed by atoms with Crippen molar-refractivity contribution in [1.29, 1.82) is 0 Å². The fourth-order valence-electron chi connectivity index (χ4n) is 3.57. The van der Waals surface area contributed by atoms with Crippen LogP contribution in [0.25, 0.3) is 17.1 Å². The summed E-state index contributed by atoms with van der Waals surface area (Å²) in [5, 5.41) is 0. The number of hydrogen-bond donors (Lipinski definition) is 0. The van der Waals surface area contributed by atoms with E-state index in [4.69, 9.17) is 9.47 Å². The summed E-state index contributed by atoms with van der Waals surface area (Å²) in [5.41, 5.74) is 4.97. The van der Waals surface area contributed by atoms with Crippen LogP contribution in [0.3, 0.4) is 0 Å². The van der Waals surface area contributed by atoms with Crippen LogP contribution in [0.1, 0.15) is 22.3 Å². The molecule has 0 aliphatic carbocycles. The van der Waals surface area contributed by atoms with Gasteiger partial charge in [-0.2, -0.15) is 0 Å². The highest BCUT2D eigenvalue weighted by molar-refractivity contribution is 5.90. The average Bonchev–Trinajstić information content (AvgIpc) is 3.27. The first kappa shape index (κ1) is 18.0. The predicted octanol–water partition coefficient (Wildman–Crippen LogP) is 6.98. The van der Waals surface area contributed by atoms with E-state index in [0.29, 0.717) is 5.95 Å². The van der Waals surface area contributed by atoms with Gasteiger partial charge in [0, 0.05) is 11.1 Å². The fraction of sp³-hybridized carbons (Fsp3) is 0. The third-order valence-corrected chi connectivity index (χ3v) is 5.00. The maximum atomic E-state index is 6.42. The second-order valence-corrected chi connectivity index (χ2v) is 6.99. The summed E-state index contributed by atoms with van der Waals surface area (Å²) in [4.78, 5) is 0. The Morgan fingerprint density at radius 3 is 1.10 bits per heavy atom. The van der Waals surface area contributed by atoms with E-state index in [1.807, 2.05) is 97.1 Å². The van der Waals surface area contributed by atoms with E-state index in [9.17, 15) is 0 Å². The smallest absolute Gasteiger partial charge is 0.299 e. The van der Waals surface area contributed by atoms with Gasteiger partial charge in [0.15, 0.2) is 11.5 Å². The Labute approximate surface area is 176 Å². The highest BCUT2D eigenvalue weighted by Gasteiger charge is 2.29. The standard InChI is InChI=1S/C28H20O2/c1-5-13-21(14-6-1)25(22-15-7-2-8-16-22)28-29-26(23-17-9-3-10-18-23)27(30-28)24-19-11-4-12-20-24/h1-20H. The lowest BCUT2D eigenvalue weighted by Crippen LogP contribution is -1.96. The first-order chi connectivity index (χ1) is 14.9. The van der Waals surface area contributed by atoms with Crippen LogP contribution in [0, 0.1) is 0 Å². The molecule has 144 valence electrons. The zero-order chi connectivity index (χ0) is 20.2. The maximum Gasteiger partial charge on any atom is 0.299 e. The van der Waals surface area contributed by atoms with Crippen molar-refractivity contribution < 1.29 is 9.47 Å². The SMILES string of the molecule is c1ccc(C2=C(c3ccccc3)OC(=C(c3ccccc3)c3ccccc3)O2)cc1. The topological polar surface area (TPSA) is 18.5 Å². The molecule has 30 heavy (non-hydrogen) atoms. The molecule has 4 aromatic rings. The molecule has 0 bridgehead atoms. The van der Waals surface area contributed by atoms with Crippen molar-refractivity contribution in [3.05, 3.63) is 150 Å². The number of rotatable bonds is 4. The predicted molar refractivity (Wildman–Crippen MR) is 121 cm³/mol. The lowest BCUT2D eigenvalue weighted by atomic mass is 9.99. The Morgan fingerprint density at radius 2 is 0.733 bits per heavy atom.